The number of nitrogens with zero attached hydrogens (tertiary/aromatic N) is 3. The summed E-state index contributed by atoms with van der Waals surface area (Å²) in [4.78, 5) is 45.6. The van der Waals surface area contributed by atoms with E-state index in [0.717, 1.165) is 76.9 Å². The van der Waals surface area contributed by atoms with Crippen LogP contribution in [-0.4, -0.2) is 62.0 Å². The van der Waals surface area contributed by atoms with Gasteiger partial charge in [0.15, 0.2) is 6.29 Å². The second-order valence-corrected chi connectivity index (χ2v) is 14.8. The van der Waals surface area contributed by atoms with Gasteiger partial charge >= 0.3 is 5.69 Å². The summed E-state index contributed by atoms with van der Waals surface area (Å²) in [6.07, 6.45) is 1.57. The summed E-state index contributed by atoms with van der Waals surface area (Å²) in [6.45, 7) is 2.65. The molecule has 6 aromatic rings. The summed E-state index contributed by atoms with van der Waals surface area (Å²) in [5.74, 6) is -0.536. The van der Waals surface area contributed by atoms with Crippen molar-refractivity contribution in [3.05, 3.63) is 165 Å². The maximum absolute atomic E-state index is 13.0. The second kappa shape index (κ2) is 14.9. The van der Waals surface area contributed by atoms with Crippen LogP contribution in [0.15, 0.2) is 126 Å². The van der Waals surface area contributed by atoms with E-state index in [1.54, 1.807) is 24.3 Å². The first-order chi connectivity index (χ1) is 26.9. The minimum atomic E-state index is -0.585. The number of amides is 2. The number of hydrogen-bond donors (Lipinski definition) is 2. The number of nitrogens with one attached hydrogen (secondary N) is 1. The van der Waals surface area contributed by atoms with Gasteiger partial charge in [0.05, 0.1) is 47.5 Å². The van der Waals surface area contributed by atoms with Crippen molar-refractivity contribution < 1.29 is 24.2 Å². The van der Waals surface area contributed by atoms with E-state index in [9.17, 15) is 19.5 Å². The number of aromatic nitrogens is 2. The molecule has 10 heteroatoms. The van der Waals surface area contributed by atoms with E-state index >= 15 is 0 Å². The number of piperidine rings is 1. The average Bonchev–Trinajstić information content (AvgIpc) is 3.69. The van der Waals surface area contributed by atoms with Gasteiger partial charge in [0, 0.05) is 37.7 Å². The van der Waals surface area contributed by atoms with Crippen LogP contribution in [0.5, 0.6) is 0 Å². The number of hydrogen-bond acceptors (Lipinski definition) is 7. The highest BCUT2D eigenvalue weighted by Crippen LogP contribution is 2.39. The van der Waals surface area contributed by atoms with Crippen molar-refractivity contribution in [1.82, 2.24) is 19.4 Å². The van der Waals surface area contributed by atoms with Crippen LogP contribution in [0.25, 0.3) is 22.2 Å². The van der Waals surface area contributed by atoms with Crippen molar-refractivity contribution >= 4 is 22.8 Å². The fourth-order valence-corrected chi connectivity index (χ4v) is 8.37. The Labute approximate surface area is 318 Å². The Kier molecular flexibility index (Phi) is 9.49. The number of benzene rings is 5. The summed E-state index contributed by atoms with van der Waals surface area (Å²) < 4.78 is 15.3. The molecule has 2 saturated heterocycles. The lowest BCUT2D eigenvalue weighted by atomic mass is 9.98. The molecule has 0 bridgehead atoms. The lowest BCUT2D eigenvalue weighted by molar-refractivity contribution is -0.253. The number of aliphatic hydroxyl groups excluding tert-OH is 1. The third-order valence-corrected chi connectivity index (χ3v) is 11.3. The van der Waals surface area contributed by atoms with Gasteiger partial charge in [0.2, 0.25) is 0 Å². The number of ether oxygens (including phenoxy) is 2. The molecule has 55 heavy (non-hydrogen) atoms. The van der Waals surface area contributed by atoms with Crippen molar-refractivity contribution in [3.63, 3.8) is 0 Å². The lowest BCUT2D eigenvalue weighted by Gasteiger charge is -2.40. The van der Waals surface area contributed by atoms with E-state index in [1.165, 1.54) is 4.90 Å². The van der Waals surface area contributed by atoms with Crippen LogP contribution in [0.2, 0.25) is 0 Å². The van der Waals surface area contributed by atoms with Crippen LogP contribution in [-0.2, 0) is 22.6 Å². The predicted octanol–water partition coefficient (Wildman–Crippen LogP) is 7.17. The zero-order valence-electron chi connectivity index (χ0n) is 30.3. The zero-order valence-corrected chi connectivity index (χ0v) is 30.3. The minimum absolute atomic E-state index is 0.0151. The zero-order chi connectivity index (χ0) is 37.5. The monoisotopic (exact) mass is 734 g/mol. The van der Waals surface area contributed by atoms with Crippen molar-refractivity contribution in [1.29, 1.82) is 0 Å². The fourth-order valence-electron chi connectivity index (χ4n) is 8.37. The maximum Gasteiger partial charge on any atom is 0.326 e. The number of likely N-dealkylation sites (tertiary alicyclic amines) is 1. The molecular formula is C45H42N4O6. The van der Waals surface area contributed by atoms with E-state index in [4.69, 9.17) is 9.47 Å². The van der Waals surface area contributed by atoms with E-state index < -0.39 is 6.29 Å². The van der Waals surface area contributed by atoms with Crippen molar-refractivity contribution in [2.75, 3.05) is 19.6 Å². The van der Waals surface area contributed by atoms with Gasteiger partial charge in [-0.1, -0.05) is 91.0 Å². The number of carbonyl (C=O) groups excluding carboxylic acids is 2. The molecule has 1 aromatic heterocycles. The largest absolute Gasteiger partial charge is 0.392 e. The van der Waals surface area contributed by atoms with Crippen LogP contribution < -0.4 is 5.69 Å². The van der Waals surface area contributed by atoms with Gasteiger partial charge in [-0.2, -0.15) is 0 Å². The normalized spacial score (nSPS) is 20.7. The number of aromatic amines is 1. The van der Waals surface area contributed by atoms with Crippen LogP contribution in [0, 0.1) is 0 Å². The van der Waals surface area contributed by atoms with Crippen LogP contribution in [0.3, 0.4) is 0 Å². The van der Waals surface area contributed by atoms with Crippen LogP contribution >= 0.6 is 0 Å². The SMILES string of the molecule is O=C1c2ccccc2C(=O)N1Cc1cccc(-c2ccc([C@H]3O[C@@H](CN4CCC(n5c(=O)[nH]c6ccccc65)CC4)C[C@@H](c4ccc(CO)cc4)O3)cc2)c1. The van der Waals surface area contributed by atoms with Gasteiger partial charge in [-0.25, -0.2) is 4.79 Å². The number of H-pyrrole nitrogens is 1. The lowest BCUT2D eigenvalue weighted by Crippen LogP contribution is -2.43. The molecule has 5 aromatic carbocycles. The molecule has 10 nitrogen and oxygen atoms in total. The molecular weight excluding hydrogens is 693 g/mol. The number of fused-ring (bicyclic) bond motifs is 2. The van der Waals surface area contributed by atoms with Crippen molar-refractivity contribution in [2.24, 2.45) is 0 Å². The number of rotatable bonds is 9. The summed E-state index contributed by atoms with van der Waals surface area (Å²) in [5, 5.41) is 9.63. The molecule has 2 fully saturated rings. The predicted molar refractivity (Wildman–Crippen MR) is 208 cm³/mol. The average molecular weight is 735 g/mol. The first-order valence-electron chi connectivity index (χ1n) is 19.0. The summed E-state index contributed by atoms with van der Waals surface area (Å²) in [6, 6.07) is 39.0. The third-order valence-electron chi connectivity index (χ3n) is 11.3. The van der Waals surface area contributed by atoms with Crippen LogP contribution in [0.4, 0.5) is 0 Å². The Balaban J connectivity index is 0.899. The quantitative estimate of drug-likeness (QED) is 0.151. The third kappa shape index (κ3) is 6.94. The first kappa shape index (κ1) is 35.1. The molecule has 2 amide bonds. The Hall–Kier alpha value is -5.65. The molecule has 0 saturated carbocycles. The van der Waals surface area contributed by atoms with Gasteiger partial charge in [-0.15, -0.1) is 0 Å². The number of imide groups is 1. The van der Waals surface area contributed by atoms with E-state index in [2.05, 4.69) is 22.0 Å². The molecule has 3 aliphatic rings. The molecule has 278 valence electrons. The smallest absolute Gasteiger partial charge is 0.326 e. The standard InChI is InChI=1S/C45H42N4O6/c50-28-29-12-14-32(15-13-29)41-25-36(27-47-22-20-35(21-23-47)49-40-11-4-3-10-39(40)46-45(49)53)54-44(55-41)33-18-16-31(17-19-33)34-7-5-6-30(24-34)26-48-42(51)37-8-1-2-9-38(37)43(48)52/h1-19,24,35-36,41,44,50H,20-23,25-28H2,(H,46,53)/t36-,41+,44+/m1/s1. The summed E-state index contributed by atoms with van der Waals surface area (Å²) in [7, 11) is 0. The topological polar surface area (TPSA) is 117 Å². The highest BCUT2D eigenvalue weighted by Gasteiger charge is 2.36. The highest BCUT2D eigenvalue weighted by molar-refractivity contribution is 6.21. The van der Waals surface area contributed by atoms with E-state index in [1.807, 2.05) is 89.5 Å². The number of imidazole rings is 1. The molecule has 0 unspecified atom stereocenters. The molecule has 3 atom stereocenters. The molecule has 0 radical (unpaired) electrons. The molecule has 4 heterocycles. The molecule has 3 aliphatic heterocycles. The molecule has 9 rings (SSSR count). The minimum Gasteiger partial charge on any atom is -0.392 e. The molecule has 2 N–H and O–H groups in total. The number of carbonyl (C=O) groups is 2. The Morgan fingerprint density at radius 3 is 2.11 bits per heavy atom. The Morgan fingerprint density at radius 1 is 0.691 bits per heavy atom. The Morgan fingerprint density at radius 2 is 1.38 bits per heavy atom. The number of aliphatic hydroxyl groups is 1. The first-order valence-corrected chi connectivity index (χ1v) is 19.0. The van der Waals surface area contributed by atoms with Crippen molar-refractivity contribution in [3.8, 4) is 11.1 Å². The van der Waals surface area contributed by atoms with E-state index in [0.29, 0.717) is 17.5 Å². The second-order valence-electron chi connectivity index (χ2n) is 14.8. The van der Waals surface area contributed by atoms with Gasteiger partial charge < -0.3 is 24.5 Å². The summed E-state index contributed by atoms with van der Waals surface area (Å²) >= 11 is 0. The van der Waals surface area contributed by atoms with Crippen LogP contribution in [0.1, 0.15) is 80.7 Å². The molecule has 0 aliphatic carbocycles. The summed E-state index contributed by atoms with van der Waals surface area (Å²) in [5.41, 5.74) is 8.30. The van der Waals surface area contributed by atoms with Gasteiger partial charge in [-0.05, 0) is 71.0 Å². The molecule has 0 spiro atoms. The van der Waals surface area contributed by atoms with Gasteiger partial charge in [0.25, 0.3) is 11.8 Å². The maximum atomic E-state index is 13.0. The highest BCUT2D eigenvalue weighted by atomic mass is 16.7. The van der Waals surface area contributed by atoms with Gasteiger partial charge in [0.1, 0.15) is 0 Å². The Bertz CT molecular complexity index is 2380. The van der Waals surface area contributed by atoms with Gasteiger partial charge in [-0.3, -0.25) is 19.1 Å². The van der Waals surface area contributed by atoms with Crippen molar-refractivity contribution in [2.45, 2.75) is 57.0 Å². The fraction of sp³-hybridized carbons (Fsp3) is 0.267. The number of para-hydroxylation sites is 2. The van der Waals surface area contributed by atoms with E-state index in [-0.39, 0.29) is 48.9 Å².